The summed E-state index contributed by atoms with van der Waals surface area (Å²) in [5.74, 6) is 1.69. The van der Waals surface area contributed by atoms with Gasteiger partial charge in [-0.1, -0.05) is 26.0 Å². The van der Waals surface area contributed by atoms with E-state index in [0.717, 1.165) is 31.3 Å². The zero-order chi connectivity index (χ0) is 14.4. The van der Waals surface area contributed by atoms with Crippen molar-refractivity contribution in [3.8, 4) is 5.75 Å². The van der Waals surface area contributed by atoms with Gasteiger partial charge in [-0.15, -0.1) is 0 Å². The summed E-state index contributed by atoms with van der Waals surface area (Å²) in [4.78, 5) is 2.58. The fraction of sp³-hybridized carbons (Fsp3) is 0.647. The third-order valence-electron chi connectivity index (χ3n) is 3.88. The molecule has 0 radical (unpaired) electrons. The van der Waals surface area contributed by atoms with Gasteiger partial charge in [0.05, 0.1) is 7.11 Å². The van der Waals surface area contributed by atoms with E-state index in [1.54, 1.807) is 7.11 Å². The number of methoxy groups -OCH3 is 1. The van der Waals surface area contributed by atoms with Gasteiger partial charge in [0, 0.05) is 19.1 Å². The van der Waals surface area contributed by atoms with Crippen LogP contribution in [0.2, 0.25) is 0 Å². The van der Waals surface area contributed by atoms with E-state index in [-0.39, 0.29) is 0 Å². The van der Waals surface area contributed by atoms with Crippen LogP contribution in [-0.4, -0.2) is 37.7 Å². The predicted molar refractivity (Wildman–Crippen MR) is 84.1 cm³/mol. The maximum atomic E-state index is 5.22. The van der Waals surface area contributed by atoms with E-state index in [2.05, 4.69) is 48.3 Å². The number of nitrogens with zero attached hydrogens (tertiary/aromatic N) is 1. The van der Waals surface area contributed by atoms with Crippen LogP contribution >= 0.6 is 0 Å². The second kappa shape index (κ2) is 7.65. The monoisotopic (exact) mass is 276 g/mol. The van der Waals surface area contributed by atoms with Gasteiger partial charge in [-0.2, -0.15) is 0 Å². The van der Waals surface area contributed by atoms with Gasteiger partial charge >= 0.3 is 0 Å². The van der Waals surface area contributed by atoms with Crippen LogP contribution in [0.15, 0.2) is 24.3 Å². The summed E-state index contributed by atoms with van der Waals surface area (Å²) in [5, 5.41) is 3.69. The smallest absolute Gasteiger partial charge is 0.118 e. The van der Waals surface area contributed by atoms with Crippen molar-refractivity contribution >= 4 is 0 Å². The van der Waals surface area contributed by atoms with E-state index in [1.807, 2.05) is 0 Å². The molecule has 2 rings (SSSR count). The summed E-state index contributed by atoms with van der Waals surface area (Å²) >= 11 is 0. The molecule has 0 amide bonds. The summed E-state index contributed by atoms with van der Waals surface area (Å²) in [6.45, 7) is 9.15. The van der Waals surface area contributed by atoms with Crippen LogP contribution in [0.25, 0.3) is 0 Å². The summed E-state index contributed by atoms with van der Waals surface area (Å²) in [7, 11) is 1.71. The third kappa shape index (κ3) is 4.80. The Balaban J connectivity index is 1.92. The highest BCUT2D eigenvalue weighted by Crippen LogP contribution is 2.15. The Labute approximate surface area is 123 Å². The Bertz CT molecular complexity index is 388. The standard InChI is InChI=1S/C17H28N2O/c1-14(2)11-16-13-19(10-4-9-18-16)12-15-5-7-17(20-3)8-6-15/h5-8,14,16,18H,4,9-13H2,1-3H3. The Morgan fingerprint density at radius 1 is 1.30 bits per heavy atom. The minimum atomic E-state index is 0.635. The second-order valence-corrected chi connectivity index (χ2v) is 6.22. The maximum Gasteiger partial charge on any atom is 0.118 e. The Hall–Kier alpha value is -1.06. The van der Waals surface area contributed by atoms with Gasteiger partial charge in [0.2, 0.25) is 0 Å². The Kier molecular flexibility index (Phi) is 5.86. The molecule has 0 aromatic heterocycles. The van der Waals surface area contributed by atoms with Gasteiger partial charge in [0.25, 0.3) is 0 Å². The molecule has 112 valence electrons. The Morgan fingerprint density at radius 3 is 2.70 bits per heavy atom. The zero-order valence-corrected chi connectivity index (χ0v) is 13.1. The van der Waals surface area contributed by atoms with Gasteiger partial charge in [0.15, 0.2) is 0 Å². The number of nitrogens with one attached hydrogen (secondary N) is 1. The molecule has 1 unspecified atom stereocenters. The highest BCUT2D eigenvalue weighted by Gasteiger charge is 2.18. The van der Waals surface area contributed by atoms with Crippen LogP contribution in [0.5, 0.6) is 5.75 Å². The van der Waals surface area contributed by atoms with Crippen molar-refractivity contribution in [1.82, 2.24) is 10.2 Å². The van der Waals surface area contributed by atoms with E-state index in [4.69, 9.17) is 4.74 Å². The summed E-state index contributed by atoms with van der Waals surface area (Å²) in [6.07, 6.45) is 2.50. The molecule has 1 aliphatic rings. The minimum Gasteiger partial charge on any atom is -0.497 e. The first kappa shape index (κ1) is 15.3. The van der Waals surface area contributed by atoms with E-state index >= 15 is 0 Å². The normalized spacial score (nSPS) is 20.9. The van der Waals surface area contributed by atoms with Crippen molar-refractivity contribution < 1.29 is 4.74 Å². The highest BCUT2D eigenvalue weighted by molar-refractivity contribution is 5.27. The van der Waals surface area contributed by atoms with Crippen molar-refractivity contribution in [2.75, 3.05) is 26.7 Å². The van der Waals surface area contributed by atoms with Crippen molar-refractivity contribution in [2.45, 2.75) is 39.3 Å². The van der Waals surface area contributed by atoms with Gasteiger partial charge in [-0.3, -0.25) is 4.90 Å². The topological polar surface area (TPSA) is 24.5 Å². The molecule has 1 saturated heterocycles. The molecule has 0 spiro atoms. The van der Waals surface area contributed by atoms with Gasteiger partial charge < -0.3 is 10.1 Å². The lowest BCUT2D eigenvalue weighted by Gasteiger charge is -2.25. The lowest BCUT2D eigenvalue weighted by molar-refractivity contribution is 0.247. The average Bonchev–Trinajstić information content (AvgIpc) is 2.64. The third-order valence-corrected chi connectivity index (χ3v) is 3.88. The average molecular weight is 276 g/mol. The quantitative estimate of drug-likeness (QED) is 0.895. The molecule has 1 N–H and O–H groups in total. The number of hydrogen-bond acceptors (Lipinski definition) is 3. The van der Waals surface area contributed by atoms with Gasteiger partial charge in [-0.25, -0.2) is 0 Å². The SMILES string of the molecule is COc1ccc(CN2CCCNC(CC(C)C)C2)cc1. The van der Waals surface area contributed by atoms with E-state index in [9.17, 15) is 0 Å². The maximum absolute atomic E-state index is 5.22. The molecule has 0 aliphatic carbocycles. The number of benzene rings is 1. The molecule has 0 bridgehead atoms. The Morgan fingerprint density at radius 2 is 2.05 bits per heavy atom. The van der Waals surface area contributed by atoms with Crippen molar-refractivity contribution in [3.63, 3.8) is 0 Å². The van der Waals surface area contributed by atoms with E-state index < -0.39 is 0 Å². The number of ether oxygens (including phenoxy) is 1. The molecule has 1 aromatic rings. The lowest BCUT2D eigenvalue weighted by Crippen LogP contribution is -2.38. The summed E-state index contributed by atoms with van der Waals surface area (Å²) in [5.41, 5.74) is 1.37. The van der Waals surface area contributed by atoms with Crippen LogP contribution in [0, 0.1) is 5.92 Å². The first-order valence-electron chi connectivity index (χ1n) is 7.76. The summed E-state index contributed by atoms with van der Waals surface area (Å²) in [6, 6.07) is 9.09. The predicted octanol–water partition coefficient (Wildman–Crippen LogP) is 2.91. The van der Waals surface area contributed by atoms with Gasteiger partial charge in [-0.05, 0) is 49.5 Å². The van der Waals surface area contributed by atoms with Crippen molar-refractivity contribution in [2.24, 2.45) is 5.92 Å². The van der Waals surface area contributed by atoms with Crippen LogP contribution < -0.4 is 10.1 Å². The largest absolute Gasteiger partial charge is 0.497 e. The van der Waals surface area contributed by atoms with Crippen LogP contribution in [0.1, 0.15) is 32.3 Å². The van der Waals surface area contributed by atoms with Crippen LogP contribution in [0.4, 0.5) is 0 Å². The van der Waals surface area contributed by atoms with Crippen molar-refractivity contribution in [3.05, 3.63) is 29.8 Å². The first-order chi connectivity index (χ1) is 9.67. The molecule has 1 aliphatic heterocycles. The van der Waals surface area contributed by atoms with E-state index in [0.29, 0.717) is 6.04 Å². The molecule has 3 nitrogen and oxygen atoms in total. The molecule has 0 saturated carbocycles. The minimum absolute atomic E-state index is 0.635. The molecule has 1 fully saturated rings. The molecular weight excluding hydrogens is 248 g/mol. The van der Waals surface area contributed by atoms with Crippen LogP contribution in [0.3, 0.4) is 0 Å². The molecule has 1 atom stereocenters. The zero-order valence-electron chi connectivity index (χ0n) is 13.1. The highest BCUT2D eigenvalue weighted by atomic mass is 16.5. The number of hydrogen-bond donors (Lipinski definition) is 1. The van der Waals surface area contributed by atoms with E-state index in [1.165, 1.54) is 24.9 Å². The number of rotatable bonds is 5. The molecule has 20 heavy (non-hydrogen) atoms. The van der Waals surface area contributed by atoms with Gasteiger partial charge in [0.1, 0.15) is 5.75 Å². The summed E-state index contributed by atoms with van der Waals surface area (Å²) < 4.78 is 5.22. The fourth-order valence-electron chi connectivity index (χ4n) is 2.94. The lowest BCUT2D eigenvalue weighted by atomic mass is 10.0. The molecular formula is C17H28N2O. The fourth-order valence-corrected chi connectivity index (χ4v) is 2.94. The molecule has 3 heteroatoms. The molecule has 1 aromatic carbocycles. The first-order valence-corrected chi connectivity index (χ1v) is 7.76. The molecule has 1 heterocycles. The van der Waals surface area contributed by atoms with Crippen LogP contribution in [-0.2, 0) is 6.54 Å². The van der Waals surface area contributed by atoms with Crippen molar-refractivity contribution in [1.29, 1.82) is 0 Å². The second-order valence-electron chi connectivity index (χ2n) is 6.22.